The van der Waals surface area contributed by atoms with E-state index in [9.17, 15) is 19.4 Å². The lowest BCUT2D eigenvalue weighted by molar-refractivity contribution is 0.0109. The van der Waals surface area contributed by atoms with E-state index >= 15 is 0 Å². The van der Waals surface area contributed by atoms with E-state index in [2.05, 4.69) is 0 Å². The molecule has 0 aliphatic carbocycles. The number of rotatable bonds is 3. The minimum atomic E-state index is -9.60. The molecule has 0 spiro atoms. The molecule has 0 unspecified atom stereocenters. The van der Waals surface area contributed by atoms with Crippen molar-refractivity contribution in [3.05, 3.63) is 29.8 Å². The van der Waals surface area contributed by atoms with E-state index in [4.69, 9.17) is 9.84 Å². The molecule has 1 heterocycles. The first kappa shape index (κ1) is 14.5. The fourth-order valence-corrected chi connectivity index (χ4v) is 2.68. The molecule has 0 aromatic heterocycles. The van der Waals surface area contributed by atoms with E-state index in [0.717, 1.165) is 12.1 Å². The second-order valence-electron chi connectivity index (χ2n) is 4.54. The van der Waals surface area contributed by atoms with Crippen molar-refractivity contribution in [2.75, 3.05) is 6.61 Å². The van der Waals surface area contributed by atoms with E-state index in [1.54, 1.807) is 0 Å². The Bertz CT molecular complexity index is 469. The van der Waals surface area contributed by atoms with Crippen LogP contribution in [-0.4, -0.2) is 17.8 Å². The molecule has 0 bridgehead atoms. The van der Waals surface area contributed by atoms with Crippen molar-refractivity contribution in [1.29, 1.82) is 0 Å². The van der Waals surface area contributed by atoms with Crippen LogP contribution in [0.2, 0.25) is 0 Å². The molecule has 1 N–H and O–H groups in total. The Labute approximate surface area is 106 Å². The van der Waals surface area contributed by atoms with Crippen LogP contribution in [0.4, 0.5) is 19.4 Å². The van der Waals surface area contributed by atoms with E-state index in [1.807, 2.05) is 0 Å². The summed E-state index contributed by atoms with van der Waals surface area (Å²) in [6.07, 6.45) is 0.330. The highest BCUT2D eigenvalue weighted by Gasteiger charge is 2.65. The molecule has 0 amide bonds. The van der Waals surface area contributed by atoms with Gasteiger partial charge >= 0.3 is 10.2 Å². The summed E-state index contributed by atoms with van der Waals surface area (Å²) in [5.41, 5.74) is 0.404. The highest BCUT2D eigenvalue weighted by Crippen LogP contribution is 3.02. The van der Waals surface area contributed by atoms with E-state index in [1.165, 1.54) is 0 Å². The van der Waals surface area contributed by atoms with Crippen molar-refractivity contribution in [3.8, 4) is 0 Å². The zero-order valence-corrected chi connectivity index (χ0v) is 10.6. The first-order valence-corrected chi connectivity index (χ1v) is 7.55. The van der Waals surface area contributed by atoms with Gasteiger partial charge in [-0.05, 0) is 30.5 Å². The number of aliphatic hydroxyl groups excluding tert-OH is 1. The maximum Gasteiger partial charge on any atom is 0.310 e. The first-order chi connectivity index (χ1) is 8.49. The SMILES string of the molecule is OC[C@H]1CC[C@@H](c2ccc(S(F)(F)(F)(F)F)cc2)O1. The van der Waals surface area contributed by atoms with Crippen molar-refractivity contribution in [1.82, 2.24) is 0 Å². The van der Waals surface area contributed by atoms with Gasteiger partial charge in [0.1, 0.15) is 4.90 Å². The average Bonchev–Trinajstić information content (AvgIpc) is 2.75. The lowest BCUT2D eigenvalue weighted by atomic mass is 10.1. The third kappa shape index (κ3) is 3.37. The van der Waals surface area contributed by atoms with Crippen LogP contribution < -0.4 is 0 Å². The van der Waals surface area contributed by atoms with Crippen molar-refractivity contribution in [3.63, 3.8) is 0 Å². The summed E-state index contributed by atoms with van der Waals surface area (Å²) < 4.78 is 67.9. The zero-order valence-electron chi connectivity index (χ0n) is 9.74. The second kappa shape index (κ2) is 3.83. The fraction of sp³-hybridized carbons (Fsp3) is 0.455. The van der Waals surface area contributed by atoms with Crippen LogP contribution >= 0.6 is 10.2 Å². The van der Waals surface area contributed by atoms with Crippen LogP contribution in [0, 0.1) is 0 Å². The number of halogens is 5. The maximum atomic E-state index is 12.5. The molecule has 2 rings (SSSR count). The Hall–Kier alpha value is -0.860. The standard InChI is InChI=1S/C11H13F5O2S/c12-19(13,14,15,16)10-4-1-8(2-5-10)11-6-3-9(7-17)18-11/h1-2,4-5,9,11,17H,3,6-7H2/t9-,11+/m1/s1. The minimum Gasteiger partial charge on any atom is -0.394 e. The zero-order chi connectivity index (χ0) is 14.4. The molecule has 1 aromatic rings. The first-order valence-electron chi connectivity index (χ1n) is 5.60. The van der Waals surface area contributed by atoms with Crippen LogP contribution in [0.25, 0.3) is 0 Å². The van der Waals surface area contributed by atoms with Gasteiger partial charge in [0.2, 0.25) is 0 Å². The van der Waals surface area contributed by atoms with Gasteiger partial charge in [-0.1, -0.05) is 31.6 Å². The summed E-state index contributed by atoms with van der Waals surface area (Å²) in [5.74, 6) is 0. The monoisotopic (exact) mass is 304 g/mol. The molecule has 1 saturated heterocycles. The summed E-state index contributed by atoms with van der Waals surface area (Å²) in [6, 6.07) is 2.76. The van der Waals surface area contributed by atoms with Gasteiger partial charge in [-0.15, -0.1) is 0 Å². The molecule has 1 aromatic carbocycles. The second-order valence-corrected chi connectivity index (χ2v) is 6.95. The van der Waals surface area contributed by atoms with Crippen LogP contribution in [0.15, 0.2) is 29.2 Å². The fourth-order valence-electron chi connectivity index (χ4n) is 2.02. The van der Waals surface area contributed by atoms with Gasteiger partial charge < -0.3 is 9.84 Å². The molecule has 19 heavy (non-hydrogen) atoms. The maximum absolute atomic E-state index is 12.5. The highest BCUT2D eigenvalue weighted by molar-refractivity contribution is 8.45. The molecule has 1 aliphatic heterocycles. The Morgan fingerprint density at radius 1 is 1.05 bits per heavy atom. The predicted octanol–water partition coefficient (Wildman–Crippen LogP) is 4.56. The Balaban J connectivity index is 2.21. The topological polar surface area (TPSA) is 29.5 Å². The van der Waals surface area contributed by atoms with Crippen LogP contribution in [0.3, 0.4) is 0 Å². The summed E-state index contributed by atoms with van der Waals surface area (Å²) in [6.45, 7) is -0.167. The van der Waals surface area contributed by atoms with Gasteiger partial charge in [-0.3, -0.25) is 0 Å². The summed E-state index contributed by atoms with van der Waals surface area (Å²) in [5, 5.41) is 8.88. The molecule has 2 nitrogen and oxygen atoms in total. The number of ether oxygens (including phenoxy) is 1. The Morgan fingerprint density at radius 2 is 1.63 bits per heavy atom. The number of hydrogen-bond acceptors (Lipinski definition) is 2. The van der Waals surface area contributed by atoms with E-state index in [-0.39, 0.29) is 12.7 Å². The molecule has 110 valence electrons. The summed E-state index contributed by atoms with van der Waals surface area (Å²) >= 11 is 0. The van der Waals surface area contributed by atoms with Gasteiger partial charge in [0.25, 0.3) is 0 Å². The minimum absolute atomic E-state index is 0.167. The number of aliphatic hydroxyl groups is 1. The third-order valence-electron chi connectivity index (χ3n) is 3.01. The van der Waals surface area contributed by atoms with Crippen LogP contribution in [0.5, 0.6) is 0 Å². The Morgan fingerprint density at radius 3 is 2.05 bits per heavy atom. The van der Waals surface area contributed by atoms with Crippen LogP contribution in [0.1, 0.15) is 24.5 Å². The van der Waals surface area contributed by atoms with Crippen molar-refractivity contribution < 1.29 is 29.3 Å². The van der Waals surface area contributed by atoms with Gasteiger partial charge in [0.05, 0.1) is 18.8 Å². The number of benzene rings is 1. The Kier molecular flexibility index (Phi) is 2.93. The van der Waals surface area contributed by atoms with Crippen molar-refractivity contribution >= 4 is 10.2 Å². The highest BCUT2D eigenvalue weighted by atomic mass is 32.5. The average molecular weight is 304 g/mol. The molecule has 8 heteroatoms. The smallest absolute Gasteiger partial charge is 0.310 e. The molecule has 0 saturated carbocycles. The van der Waals surface area contributed by atoms with Gasteiger partial charge in [-0.2, -0.15) is 0 Å². The van der Waals surface area contributed by atoms with Crippen molar-refractivity contribution in [2.45, 2.75) is 29.9 Å². The lowest BCUT2D eigenvalue weighted by Gasteiger charge is -2.40. The molecule has 2 atom stereocenters. The molecular weight excluding hydrogens is 291 g/mol. The molecule has 1 fully saturated rings. The van der Waals surface area contributed by atoms with Crippen LogP contribution in [-0.2, 0) is 4.74 Å². The van der Waals surface area contributed by atoms with Crippen molar-refractivity contribution in [2.24, 2.45) is 0 Å². The molecule has 0 radical (unpaired) electrons. The van der Waals surface area contributed by atoms with Gasteiger partial charge in [0.15, 0.2) is 0 Å². The normalized spacial score (nSPS) is 27.9. The van der Waals surface area contributed by atoms with Gasteiger partial charge in [-0.25, -0.2) is 0 Å². The predicted molar refractivity (Wildman–Crippen MR) is 61.8 cm³/mol. The molecular formula is C11H13F5O2S. The summed E-state index contributed by atoms with van der Waals surface area (Å²) in [7, 11) is -9.60. The quantitative estimate of drug-likeness (QED) is 0.830. The van der Waals surface area contributed by atoms with Gasteiger partial charge in [0, 0.05) is 0 Å². The number of hydrogen-bond donors (Lipinski definition) is 1. The summed E-state index contributed by atoms with van der Waals surface area (Å²) in [4.78, 5) is -1.90. The lowest BCUT2D eigenvalue weighted by Crippen LogP contribution is -2.11. The largest absolute Gasteiger partial charge is 0.394 e. The van der Waals surface area contributed by atoms with E-state index < -0.39 is 21.2 Å². The van der Waals surface area contributed by atoms with E-state index in [0.29, 0.717) is 30.5 Å². The molecule has 1 aliphatic rings. The third-order valence-corrected chi connectivity index (χ3v) is 4.17.